The number of nitrogens with zero attached hydrogens (tertiary/aromatic N) is 2. The summed E-state index contributed by atoms with van der Waals surface area (Å²) in [4.78, 5) is 7.99. The van der Waals surface area contributed by atoms with E-state index in [0.717, 1.165) is 29.7 Å². The molecule has 0 aromatic carbocycles. The third-order valence-corrected chi connectivity index (χ3v) is 4.58. The minimum atomic E-state index is 0.294. The van der Waals surface area contributed by atoms with Gasteiger partial charge in [0.25, 0.3) is 0 Å². The van der Waals surface area contributed by atoms with E-state index in [0.29, 0.717) is 6.04 Å². The van der Waals surface area contributed by atoms with Crippen LogP contribution in [0.2, 0.25) is 4.34 Å². The van der Waals surface area contributed by atoms with Crippen molar-refractivity contribution in [3.05, 3.63) is 45.2 Å². The van der Waals surface area contributed by atoms with Crippen molar-refractivity contribution in [2.75, 3.05) is 18.5 Å². The van der Waals surface area contributed by atoms with Gasteiger partial charge in [0, 0.05) is 29.7 Å². The van der Waals surface area contributed by atoms with Crippen LogP contribution >= 0.6 is 22.9 Å². The average molecular weight is 324 g/mol. The predicted octanol–water partition coefficient (Wildman–Crippen LogP) is 4.49. The van der Waals surface area contributed by atoms with Crippen LogP contribution in [0.1, 0.15) is 36.8 Å². The highest BCUT2D eigenvalue weighted by atomic mass is 35.5. The molecule has 2 aromatic heterocycles. The van der Waals surface area contributed by atoms with Gasteiger partial charge in [-0.1, -0.05) is 24.6 Å². The molecule has 0 aliphatic heterocycles. The van der Waals surface area contributed by atoms with E-state index in [9.17, 15) is 0 Å². The zero-order valence-electron chi connectivity index (χ0n) is 12.8. The Morgan fingerprint density at radius 2 is 2.19 bits per heavy atom. The first-order valence-corrected chi connectivity index (χ1v) is 8.45. The maximum absolute atomic E-state index is 6.00. The SMILES string of the molecule is CCCNC(C)c1cccnc1N(C)Cc1ccc(Cl)s1. The summed E-state index contributed by atoms with van der Waals surface area (Å²) >= 11 is 7.62. The molecule has 0 bridgehead atoms. The van der Waals surface area contributed by atoms with Crippen LogP contribution < -0.4 is 10.2 Å². The second kappa shape index (κ2) is 7.78. The number of hydrogen-bond donors (Lipinski definition) is 1. The Kier molecular flexibility index (Phi) is 6.03. The van der Waals surface area contributed by atoms with Gasteiger partial charge in [0.05, 0.1) is 10.9 Å². The number of halogens is 1. The Morgan fingerprint density at radius 3 is 2.86 bits per heavy atom. The average Bonchev–Trinajstić information content (AvgIpc) is 2.89. The zero-order chi connectivity index (χ0) is 15.2. The second-order valence-corrected chi connectivity index (χ2v) is 6.95. The van der Waals surface area contributed by atoms with Gasteiger partial charge in [-0.3, -0.25) is 0 Å². The molecule has 0 saturated carbocycles. The van der Waals surface area contributed by atoms with Gasteiger partial charge in [0.2, 0.25) is 0 Å². The van der Waals surface area contributed by atoms with E-state index in [4.69, 9.17) is 11.6 Å². The molecule has 1 N–H and O–H groups in total. The molecule has 3 nitrogen and oxygen atoms in total. The van der Waals surface area contributed by atoms with Crippen molar-refractivity contribution in [3.8, 4) is 0 Å². The lowest BCUT2D eigenvalue weighted by Gasteiger charge is -2.24. The van der Waals surface area contributed by atoms with Crippen molar-refractivity contribution >= 4 is 28.8 Å². The lowest BCUT2D eigenvalue weighted by Crippen LogP contribution is -2.24. The van der Waals surface area contributed by atoms with E-state index in [1.54, 1.807) is 11.3 Å². The summed E-state index contributed by atoms with van der Waals surface area (Å²) in [5.74, 6) is 1.03. The molecule has 0 saturated heterocycles. The lowest BCUT2D eigenvalue weighted by atomic mass is 10.1. The minimum Gasteiger partial charge on any atom is -0.354 e. The van der Waals surface area contributed by atoms with Crippen LogP contribution in [0, 0.1) is 0 Å². The van der Waals surface area contributed by atoms with Crippen LogP contribution in [0.15, 0.2) is 30.5 Å². The fraction of sp³-hybridized carbons (Fsp3) is 0.438. The molecule has 1 atom stereocenters. The summed E-state index contributed by atoms with van der Waals surface area (Å²) in [6, 6.07) is 8.46. The van der Waals surface area contributed by atoms with Crippen molar-refractivity contribution in [3.63, 3.8) is 0 Å². The first-order valence-electron chi connectivity index (χ1n) is 7.25. The Balaban J connectivity index is 2.14. The highest BCUT2D eigenvalue weighted by Crippen LogP contribution is 2.27. The number of rotatable bonds is 7. The topological polar surface area (TPSA) is 28.2 Å². The number of anilines is 1. The Bertz CT molecular complexity index is 570. The van der Waals surface area contributed by atoms with E-state index in [1.807, 2.05) is 18.3 Å². The van der Waals surface area contributed by atoms with Gasteiger partial charge in [-0.25, -0.2) is 4.98 Å². The van der Waals surface area contributed by atoms with Crippen molar-refractivity contribution in [1.82, 2.24) is 10.3 Å². The normalized spacial score (nSPS) is 12.4. The van der Waals surface area contributed by atoms with Gasteiger partial charge < -0.3 is 10.2 Å². The molecular formula is C16H22ClN3S. The van der Waals surface area contributed by atoms with Crippen molar-refractivity contribution in [2.45, 2.75) is 32.9 Å². The molecule has 2 aromatic rings. The van der Waals surface area contributed by atoms with Gasteiger partial charge in [0.1, 0.15) is 5.82 Å². The van der Waals surface area contributed by atoms with E-state index >= 15 is 0 Å². The minimum absolute atomic E-state index is 0.294. The van der Waals surface area contributed by atoms with Crippen molar-refractivity contribution < 1.29 is 0 Å². The maximum Gasteiger partial charge on any atom is 0.133 e. The molecule has 114 valence electrons. The Morgan fingerprint density at radius 1 is 1.38 bits per heavy atom. The van der Waals surface area contributed by atoms with Crippen LogP contribution in [0.4, 0.5) is 5.82 Å². The number of aromatic nitrogens is 1. The predicted molar refractivity (Wildman–Crippen MR) is 92.4 cm³/mol. The molecule has 0 radical (unpaired) electrons. The van der Waals surface area contributed by atoms with Gasteiger partial charge in [-0.2, -0.15) is 0 Å². The van der Waals surface area contributed by atoms with E-state index < -0.39 is 0 Å². The van der Waals surface area contributed by atoms with Crippen LogP contribution in [0.5, 0.6) is 0 Å². The molecular weight excluding hydrogens is 302 g/mol. The number of nitrogens with one attached hydrogen (secondary N) is 1. The van der Waals surface area contributed by atoms with Crippen molar-refractivity contribution in [1.29, 1.82) is 0 Å². The summed E-state index contributed by atoms with van der Waals surface area (Å²) in [5.41, 5.74) is 1.23. The molecule has 0 spiro atoms. The van der Waals surface area contributed by atoms with Gasteiger partial charge in [-0.05, 0) is 38.1 Å². The fourth-order valence-corrected chi connectivity index (χ4v) is 3.42. The summed E-state index contributed by atoms with van der Waals surface area (Å²) in [6.45, 7) is 6.20. The van der Waals surface area contributed by atoms with Gasteiger partial charge in [0.15, 0.2) is 0 Å². The molecule has 0 amide bonds. The van der Waals surface area contributed by atoms with E-state index in [-0.39, 0.29) is 0 Å². The molecule has 21 heavy (non-hydrogen) atoms. The van der Waals surface area contributed by atoms with E-state index in [1.165, 1.54) is 10.4 Å². The maximum atomic E-state index is 6.00. The number of hydrogen-bond acceptors (Lipinski definition) is 4. The van der Waals surface area contributed by atoms with Crippen LogP contribution in [-0.4, -0.2) is 18.6 Å². The quantitative estimate of drug-likeness (QED) is 0.813. The van der Waals surface area contributed by atoms with Crippen LogP contribution in [0.25, 0.3) is 0 Å². The van der Waals surface area contributed by atoms with Crippen LogP contribution in [0.3, 0.4) is 0 Å². The highest BCUT2D eigenvalue weighted by molar-refractivity contribution is 7.16. The highest BCUT2D eigenvalue weighted by Gasteiger charge is 2.14. The summed E-state index contributed by atoms with van der Waals surface area (Å²) in [7, 11) is 2.08. The van der Waals surface area contributed by atoms with Gasteiger partial charge in [-0.15, -0.1) is 11.3 Å². The lowest BCUT2D eigenvalue weighted by molar-refractivity contribution is 0.568. The summed E-state index contributed by atoms with van der Waals surface area (Å²) in [6.07, 6.45) is 2.98. The number of thiophene rings is 1. The number of pyridine rings is 1. The fourth-order valence-electron chi connectivity index (χ4n) is 2.28. The smallest absolute Gasteiger partial charge is 0.133 e. The third-order valence-electron chi connectivity index (χ3n) is 3.37. The molecule has 1 unspecified atom stereocenters. The van der Waals surface area contributed by atoms with Gasteiger partial charge >= 0.3 is 0 Å². The zero-order valence-corrected chi connectivity index (χ0v) is 14.3. The van der Waals surface area contributed by atoms with Crippen molar-refractivity contribution in [2.24, 2.45) is 0 Å². The summed E-state index contributed by atoms with van der Waals surface area (Å²) < 4.78 is 0.831. The Labute approximate surface area is 136 Å². The Hall–Kier alpha value is -1.10. The molecule has 5 heteroatoms. The first kappa shape index (κ1) is 16.3. The monoisotopic (exact) mass is 323 g/mol. The molecule has 2 rings (SSSR count). The molecule has 0 aliphatic carbocycles. The second-order valence-electron chi connectivity index (χ2n) is 5.15. The first-order chi connectivity index (χ1) is 10.1. The molecule has 2 heterocycles. The standard InChI is InChI=1S/C16H22ClN3S/c1-4-9-18-12(2)14-6-5-10-19-16(14)20(3)11-13-7-8-15(17)21-13/h5-8,10,12,18H,4,9,11H2,1-3H3. The largest absolute Gasteiger partial charge is 0.354 e. The van der Waals surface area contributed by atoms with Crippen LogP contribution in [-0.2, 0) is 6.54 Å². The summed E-state index contributed by atoms with van der Waals surface area (Å²) in [5, 5.41) is 3.53. The third kappa shape index (κ3) is 4.43. The molecule has 0 fully saturated rings. The molecule has 0 aliphatic rings. The van der Waals surface area contributed by atoms with E-state index in [2.05, 4.69) is 48.2 Å².